The molecule has 1 aromatic carbocycles. The lowest BCUT2D eigenvalue weighted by molar-refractivity contribution is 0.104. The van der Waals surface area contributed by atoms with Gasteiger partial charge in [0.05, 0.1) is 11.8 Å². The van der Waals surface area contributed by atoms with Crippen molar-refractivity contribution in [2.45, 2.75) is 0 Å². The van der Waals surface area contributed by atoms with Crippen molar-refractivity contribution in [3.05, 3.63) is 52.9 Å². The van der Waals surface area contributed by atoms with E-state index in [1.165, 1.54) is 6.20 Å². The highest BCUT2D eigenvalue weighted by Gasteiger charge is 2.14. The van der Waals surface area contributed by atoms with E-state index in [1.807, 2.05) is 6.07 Å². The summed E-state index contributed by atoms with van der Waals surface area (Å²) in [4.78, 5) is 15.2. The zero-order chi connectivity index (χ0) is 11.8. The van der Waals surface area contributed by atoms with Gasteiger partial charge in [-0.2, -0.15) is 5.10 Å². The van der Waals surface area contributed by atoms with Crippen LogP contribution in [0.2, 0.25) is 5.02 Å². The van der Waals surface area contributed by atoms with E-state index in [2.05, 4.69) is 15.2 Å². The number of hydrogen-bond acceptors (Lipinski definition) is 2. The standard InChI is InChI=1S/C12H8ClN3O/c13-8-1-2-9-10(6-14-11(9)3-8)12(17)7-4-15-16-5-7/h1-6,14H,(H,15,16). The number of nitrogens with one attached hydrogen (secondary N) is 2. The number of nitrogens with zero attached hydrogens (tertiary/aromatic N) is 1. The first-order chi connectivity index (χ1) is 8.25. The minimum Gasteiger partial charge on any atom is -0.360 e. The molecular formula is C12H8ClN3O. The molecule has 2 heterocycles. The monoisotopic (exact) mass is 245 g/mol. The molecule has 84 valence electrons. The zero-order valence-corrected chi connectivity index (χ0v) is 9.45. The van der Waals surface area contributed by atoms with E-state index in [9.17, 15) is 4.79 Å². The molecule has 0 radical (unpaired) electrons. The smallest absolute Gasteiger partial charge is 0.198 e. The first-order valence-corrected chi connectivity index (χ1v) is 5.43. The van der Waals surface area contributed by atoms with Gasteiger partial charge in [-0.15, -0.1) is 0 Å². The van der Waals surface area contributed by atoms with Gasteiger partial charge in [-0.25, -0.2) is 0 Å². The van der Waals surface area contributed by atoms with Crippen molar-refractivity contribution in [1.29, 1.82) is 0 Å². The minimum atomic E-state index is -0.0627. The first kappa shape index (κ1) is 10.1. The van der Waals surface area contributed by atoms with Crippen molar-refractivity contribution >= 4 is 28.3 Å². The summed E-state index contributed by atoms with van der Waals surface area (Å²) in [6.45, 7) is 0. The van der Waals surface area contributed by atoms with Crippen LogP contribution >= 0.6 is 11.6 Å². The normalized spacial score (nSPS) is 10.9. The number of fused-ring (bicyclic) bond motifs is 1. The lowest BCUT2D eigenvalue weighted by atomic mass is 10.1. The fourth-order valence-corrected chi connectivity index (χ4v) is 1.99. The molecule has 5 heteroatoms. The minimum absolute atomic E-state index is 0.0627. The number of aromatic nitrogens is 3. The fourth-order valence-electron chi connectivity index (χ4n) is 1.82. The van der Waals surface area contributed by atoms with E-state index in [4.69, 9.17) is 11.6 Å². The van der Waals surface area contributed by atoms with Crippen molar-refractivity contribution in [2.75, 3.05) is 0 Å². The summed E-state index contributed by atoms with van der Waals surface area (Å²) in [7, 11) is 0. The van der Waals surface area contributed by atoms with Gasteiger partial charge in [0.1, 0.15) is 0 Å². The van der Waals surface area contributed by atoms with Crippen molar-refractivity contribution in [3.8, 4) is 0 Å². The summed E-state index contributed by atoms with van der Waals surface area (Å²) in [5, 5.41) is 7.90. The van der Waals surface area contributed by atoms with Gasteiger partial charge >= 0.3 is 0 Å². The Morgan fingerprint density at radius 2 is 2.18 bits per heavy atom. The van der Waals surface area contributed by atoms with Crippen LogP contribution in [-0.2, 0) is 0 Å². The summed E-state index contributed by atoms with van der Waals surface area (Å²) < 4.78 is 0. The van der Waals surface area contributed by atoms with Gasteiger partial charge in [0.2, 0.25) is 0 Å². The van der Waals surface area contributed by atoms with Crippen molar-refractivity contribution in [3.63, 3.8) is 0 Å². The maximum atomic E-state index is 12.2. The van der Waals surface area contributed by atoms with Crippen LogP contribution in [0.3, 0.4) is 0 Å². The third-order valence-corrected chi connectivity index (χ3v) is 2.88. The Bertz CT molecular complexity index is 685. The van der Waals surface area contributed by atoms with E-state index in [-0.39, 0.29) is 5.78 Å². The average Bonchev–Trinajstić information content (AvgIpc) is 2.96. The van der Waals surface area contributed by atoms with E-state index < -0.39 is 0 Å². The largest absolute Gasteiger partial charge is 0.360 e. The molecule has 17 heavy (non-hydrogen) atoms. The molecule has 4 nitrogen and oxygen atoms in total. The summed E-state index contributed by atoms with van der Waals surface area (Å²) in [6, 6.07) is 5.40. The van der Waals surface area contributed by atoms with Crippen molar-refractivity contribution < 1.29 is 4.79 Å². The Hall–Kier alpha value is -2.07. The Balaban J connectivity index is 2.15. The van der Waals surface area contributed by atoms with Crippen LogP contribution < -0.4 is 0 Å². The van der Waals surface area contributed by atoms with E-state index >= 15 is 0 Å². The second-order valence-corrected chi connectivity index (χ2v) is 4.14. The number of carbonyl (C=O) groups is 1. The molecule has 2 aromatic heterocycles. The third kappa shape index (κ3) is 1.62. The Kier molecular flexibility index (Phi) is 2.23. The highest BCUT2D eigenvalue weighted by molar-refractivity contribution is 6.31. The molecule has 0 aliphatic heterocycles. The third-order valence-electron chi connectivity index (χ3n) is 2.65. The molecule has 0 atom stereocenters. The Morgan fingerprint density at radius 1 is 1.29 bits per heavy atom. The molecule has 2 N–H and O–H groups in total. The number of benzene rings is 1. The van der Waals surface area contributed by atoms with Gasteiger partial charge in [-0.05, 0) is 12.1 Å². The highest BCUT2D eigenvalue weighted by atomic mass is 35.5. The predicted molar refractivity (Wildman–Crippen MR) is 65.3 cm³/mol. The summed E-state index contributed by atoms with van der Waals surface area (Å²) in [6.07, 6.45) is 4.78. The zero-order valence-electron chi connectivity index (χ0n) is 8.70. The molecular weight excluding hydrogens is 238 g/mol. The molecule has 0 bridgehead atoms. The Labute approximate surface area is 102 Å². The predicted octanol–water partition coefficient (Wildman–Crippen LogP) is 2.78. The SMILES string of the molecule is O=C(c1cn[nH]c1)c1c[nH]c2cc(Cl)ccc12. The van der Waals surface area contributed by atoms with E-state index in [1.54, 1.807) is 24.5 Å². The van der Waals surface area contributed by atoms with Crippen molar-refractivity contribution in [2.24, 2.45) is 0 Å². The lowest BCUT2D eigenvalue weighted by Crippen LogP contribution is -1.98. The van der Waals surface area contributed by atoms with Crippen LogP contribution in [0.5, 0.6) is 0 Å². The van der Waals surface area contributed by atoms with Gasteiger partial charge in [0.25, 0.3) is 0 Å². The number of hydrogen-bond donors (Lipinski definition) is 2. The molecule has 3 rings (SSSR count). The molecule has 0 unspecified atom stereocenters. The van der Waals surface area contributed by atoms with Crippen molar-refractivity contribution in [1.82, 2.24) is 15.2 Å². The molecule has 0 amide bonds. The maximum Gasteiger partial charge on any atom is 0.198 e. The number of aromatic amines is 2. The number of H-pyrrole nitrogens is 2. The number of rotatable bonds is 2. The van der Waals surface area contributed by atoms with Gasteiger partial charge in [-0.1, -0.05) is 17.7 Å². The van der Waals surface area contributed by atoms with Gasteiger partial charge in [-0.3, -0.25) is 9.89 Å². The van der Waals surface area contributed by atoms with E-state index in [0.29, 0.717) is 16.1 Å². The van der Waals surface area contributed by atoms with Crippen LogP contribution in [0.25, 0.3) is 10.9 Å². The van der Waals surface area contributed by atoms with E-state index in [0.717, 1.165) is 10.9 Å². The lowest BCUT2D eigenvalue weighted by Gasteiger charge is -1.96. The van der Waals surface area contributed by atoms with Gasteiger partial charge < -0.3 is 4.98 Å². The second kappa shape index (κ2) is 3.75. The highest BCUT2D eigenvalue weighted by Crippen LogP contribution is 2.23. The maximum absolute atomic E-state index is 12.2. The van der Waals surface area contributed by atoms with Gasteiger partial charge in [0.15, 0.2) is 5.78 Å². The number of ketones is 1. The second-order valence-electron chi connectivity index (χ2n) is 3.71. The topological polar surface area (TPSA) is 61.5 Å². The summed E-state index contributed by atoms with van der Waals surface area (Å²) in [5.74, 6) is -0.0627. The van der Waals surface area contributed by atoms with Gasteiger partial charge in [0, 0.05) is 33.9 Å². The molecule has 0 aliphatic carbocycles. The number of halogens is 1. The Morgan fingerprint density at radius 3 is 2.94 bits per heavy atom. The summed E-state index contributed by atoms with van der Waals surface area (Å²) in [5.41, 5.74) is 2.02. The summed E-state index contributed by atoms with van der Waals surface area (Å²) >= 11 is 5.89. The molecule has 0 fully saturated rings. The average molecular weight is 246 g/mol. The fraction of sp³-hybridized carbons (Fsp3) is 0. The molecule has 0 saturated carbocycles. The molecule has 0 spiro atoms. The molecule has 3 aromatic rings. The van der Waals surface area contributed by atoms with Crippen LogP contribution in [-0.4, -0.2) is 21.0 Å². The van der Waals surface area contributed by atoms with Crippen LogP contribution in [0.1, 0.15) is 15.9 Å². The first-order valence-electron chi connectivity index (χ1n) is 5.06. The van der Waals surface area contributed by atoms with Crippen LogP contribution in [0.15, 0.2) is 36.8 Å². The molecule has 0 saturated heterocycles. The van der Waals surface area contributed by atoms with Crippen LogP contribution in [0.4, 0.5) is 0 Å². The number of carbonyl (C=O) groups excluding carboxylic acids is 1. The van der Waals surface area contributed by atoms with Crippen LogP contribution in [0, 0.1) is 0 Å². The quantitative estimate of drug-likeness (QED) is 0.682. The molecule has 0 aliphatic rings.